The predicted octanol–water partition coefficient (Wildman–Crippen LogP) is 2.56. The minimum absolute atomic E-state index is 0.149. The predicted molar refractivity (Wildman–Crippen MR) is 79.7 cm³/mol. The van der Waals surface area contributed by atoms with E-state index in [9.17, 15) is 10.1 Å². The number of rotatable bonds is 6. The first-order chi connectivity index (χ1) is 9.66. The zero-order chi connectivity index (χ0) is 14.4. The lowest BCUT2D eigenvalue weighted by Gasteiger charge is -2.32. The third-order valence-corrected chi connectivity index (χ3v) is 3.93. The molecule has 20 heavy (non-hydrogen) atoms. The minimum Gasteiger partial charge on any atom is -0.311 e. The van der Waals surface area contributed by atoms with Gasteiger partial charge in [0.15, 0.2) is 0 Å². The van der Waals surface area contributed by atoms with Crippen LogP contribution in [0.15, 0.2) is 24.3 Å². The molecule has 1 atom stereocenters. The first-order valence-corrected chi connectivity index (χ1v) is 7.35. The summed E-state index contributed by atoms with van der Waals surface area (Å²) in [5.74, 6) is 0. The highest BCUT2D eigenvalue weighted by Gasteiger charge is 2.15. The van der Waals surface area contributed by atoms with E-state index in [0.29, 0.717) is 6.04 Å². The number of nitrogens with zero attached hydrogens (tertiary/aromatic N) is 2. The number of non-ortho nitro benzene ring substituents is 1. The molecule has 5 nitrogen and oxygen atoms in total. The Kier molecular flexibility index (Phi) is 5.49. The largest absolute Gasteiger partial charge is 0.311 e. The Morgan fingerprint density at radius 2 is 1.90 bits per heavy atom. The first-order valence-electron chi connectivity index (χ1n) is 7.35. The molecule has 0 aliphatic carbocycles. The third kappa shape index (κ3) is 4.28. The minimum atomic E-state index is -0.365. The summed E-state index contributed by atoms with van der Waals surface area (Å²) >= 11 is 0. The summed E-state index contributed by atoms with van der Waals surface area (Å²) in [4.78, 5) is 12.7. The zero-order valence-corrected chi connectivity index (χ0v) is 12.0. The average Bonchev–Trinajstić information content (AvgIpc) is 2.48. The summed E-state index contributed by atoms with van der Waals surface area (Å²) in [6, 6.07) is 7.30. The normalized spacial score (nSPS) is 17.9. The summed E-state index contributed by atoms with van der Waals surface area (Å²) in [6.07, 6.45) is 3.98. The number of nitro benzene ring substituents is 1. The summed E-state index contributed by atoms with van der Waals surface area (Å²) < 4.78 is 0. The fourth-order valence-electron chi connectivity index (χ4n) is 2.65. The highest BCUT2D eigenvalue weighted by Crippen LogP contribution is 2.13. The maximum Gasteiger partial charge on any atom is 0.269 e. The van der Waals surface area contributed by atoms with E-state index < -0.39 is 0 Å². The smallest absolute Gasteiger partial charge is 0.269 e. The number of benzene rings is 1. The van der Waals surface area contributed by atoms with Crippen LogP contribution in [0.2, 0.25) is 0 Å². The van der Waals surface area contributed by atoms with E-state index in [1.165, 1.54) is 32.4 Å². The maximum atomic E-state index is 10.6. The molecule has 1 N–H and O–H groups in total. The molecule has 0 bridgehead atoms. The number of hydrogen-bond acceptors (Lipinski definition) is 4. The monoisotopic (exact) mass is 277 g/mol. The van der Waals surface area contributed by atoms with Crippen molar-refractivity contribution in [2.75, 3.05) is 19.6 Å². The van der Waals surface area contributed by atoms with E-state index in [2.05, 4.69) is 17.1 Å². The number of nitro groups is 1. The van der Waals surface area contributed by atoms with Crippen LogP contribution in [-0.2, 0) is 6.54 Å². The first kappa shape index (κ1) is 14.9. The van der Waals surface area contributed by atoms with Crippen LogP contribution >= 0.6 is 0 Å². The van der Waals surface area contributed by atoms with Gasteiger partial charge in [-0.25, -0.2) is 0 Å². The van der Waals surface area contributed by atoms with Crippen LogP contribution in [0.4, 0.5) is 5.69 Å². The Bertz CT molecular complexity index is 427. The Morgan fingerprint density at radius 3 is 2.50 bits per heavy atom. The van der Waals surface area contributed by atoms with Gasteiger partial charge in [0.2, 0.25) is 0 Å². The number of likely N-dealkylation sites (tertiary alicyclic amines) is 1. The van der Waals surface area contributed by atoms with Crippen molar-refractivity contribution in [3.05, 3.63) is 39.9 Å². The SMILES string of the molecule is CC(CNCc1ccc([N+](=O)[O-])cc1)N1CCCCC1. The van der Waals surface area contributed by atoms with Crippen molar-refractivity contribution in [1.29, 1.82) is 0 Å². The van der Waals surface area contributed by atoms with E-state index >= 15 is 0 Å². The zero-order valence-electron chi connectivity index (χ0n) is 12.0. The summed E-state index contributed by atoms with van der Waals surface area (Å²) in [7, 11) is 0. The molecule has 1 aromatic rings. The number of nitrogens with one attached hydrogen (secondary N) is 1. The van der Waals surface area contributed by atoms with Gasteiger partial charge in [-0.15, -0.1) is 0 Å². The molecule has 1 aromatic carbocycles. The van der Waals surface area contributed by atoms with Crippen molar-refractivity contribution in [1.82, 2.24) is 10.2 Å². The van der Waals surface area contributed by atoms with Crippen LogP contribution in [-0.4, -0.2) is 35.5 Å². The van der Waals surface area contributed by atoms with Gasteiger partial charge in [-0.3, -0.25) is 15.0 Å². The van der Waals surface area contributed by atoms with Crippen LogP contribution in [0.25, 0.3) is 0 Å². The number of piperidine rings is 1. The maximum absolute atomic E-state index is 10.6. The molecule has 0 saturated carbocycles. The molecule has 2 rings (SSSR count). The van der Waals surface area contributed by atoms with Crippen molar-refractivity contribution < 1.29 is 4.92 Å². The molecule has 1 aliphatic heterocycles. The summed E-state index contributed by atoms with van der Waals surface area (Å²) in [6.45, 7) is 6.39. The molecule has 1 unspecified atom stereocenters. The van der Waals surface area contributed by atoms with Crippen LogP contribution in [0.3, 0.4) is 0 Å². The molecule has 1 saturated heterocycles. The second kappa shape index (κ2) is 7.36. The van der Waals surface area contributed by atoms with Crippen molar-refractivity contribution in [3.63, 3.8) is 0 Å². The van der Waals surface area contributed by atoms with E-state index in [1.807, 2.05) is 12.1 Å². The van der Waals surface area contributed by atoms with Crippen LogP contribution in [0, 0.1) is 10.1 Å². The molecule has 110 valence electrons. The Hall–Kier alpha value is -1.46. The molecular weight excluding hydrogens is 254 g/mol. The van der Waals surface area contributed by atoms with Gasteiger partial charge in [0.05, 0.1) is 4.92 Å². The lowest BCUT2D eigenvalue weighted by molar-refractivity contribution is -0.384. The van der Waals surface area contributed by atoms with Crippen LogP contribution < -0.4 is 5.32 Å². The summed E-state index contributed by atoms with van der Waals surface area (Å²) in [5.41, 5.74) is 1.23. The Morgan fingerprint density at radius 1 is 1.25 bits per heavy atom. The molecule has 1 aliphatic rings. The lowest BCUT2D eigenvalue weighted by atomic mass is 10.1. The van der Waals surface area contributed by atoms with Gasteiger partial charge in [0, 0.05) is 31.3 Å². The van der Waals surface area contributed by atoms with Gasteiger partial charge in [-0.05, 0) is 38.4 Å². The van der Waals surface area contributed by atoms with Crippen LogP contribution in [0.1, 0.15) is 31.7 Å². The lowest BCUT2D eigenvalue weighted by Crippen LogP contribution is -2.42. The van der Waals surface area contributed by atoms with Crippen molar-refractivity contribution in [3.8, 4) is 0 Å². The fraction of sp³-hybridized carbons (Fsp3) is 0.600. The van der Waals surface area contributed by atoms with Crippen molar-refractivity contribution >= 4 is 5.69 Å². The Labute approximate surface area is 120 Å². The molecule has 0 spiro atoms. The highest BCUT2D eigenvalue weighted by atomic mass is 16.6. The average molecular weight is 277 g/mol. The molecule has 5 heteroatoms. The fourth-order valence-corrected chi connectivity index (χ4v) is 2.65. The number of hydrogen-bond donors (Lipinski definition) is 1. The quantitative estimate of drug-likeness (QED) is 0.641. The van der Waals surface area contributed by atoms with Gasteiger partial charge in [-0.2, -0.15) is 0 Å². The van der Waals surface area contributed by atoms with Gasteiger partial charge in [-0.1, -0.05) is 18.6 Å². The molecule has 0 radical (unpaired) electrons. The molecule has 1 fully saturated rings. The molecule has 0 aromatic heterocycles. The standard InChI is InChI=1S/C15H23N3O2/c1-13(17-9-3-2-4-10-17)11-16-12-14-5-7-15(8-6-14)18(19)20/h5-8,13,16H,2-4,9-12H2,1H3. The second-order valence-corrected chi connectivity index (χ2v) is 5.50. The topological polar surface area (TPSA) is 58.4 Å². The van der Waals surface area contributed by atoms with Crippen molar-refractivity contribution in [2.24, 2.45) is 0 Å². The van der Waals surface area contributed by atoms with Gasteiger partial charge >= 0.3 is 0 Å². The van der Waals surface area contributed by atoms with E-state index in [0.717, 1.165) is 18.7 Å². The third-order valence-electron chi connectivity index (χ3n) is 3.93. The van der Waals surface area contributed by atoms with E-state index in [-0.39, 0.29) is 10.6 Å². The van der Waals surface area contributed by atoms with Gasteiger partial charge in [0.1, 0.15) is 0 Å². The van der Waals surface area contributed by atoms with E-state index in [4.69, 9.17) is 0 Å². The van der Waals surface area contributed by atoms with E-state index in [1.54, 1.807) is 12.1 Å². The Balaban J connectivity index is 1.73. The highest BCUT2D eigenvalue weighted by molar-refractivity contribution is 5.32. The molecule has 1 heterocycles. The second-order valence-electron chi connectivity index (χ2n) is 5.50. The van der Waals surface area contributed by atoms with Crippen LogP contribution in [0.5, 0.6) is 0 Å². The van der Waals surface area contributed by atoms with Gasteiger partial charge in [0.25, 0.3) is 5.69 Å². The summed E-state index contributed by atoms with van der Waals surface area (Å²) in [5, 5.41) is 14.0. The van der Waals surface area contributed by atoms with Crippen molar-refractivity contribution in [2.45, 2.75) is 38.8 Å². The molecular formula is C15H23N3O2. The molecule has 0 amide bonds. The van der Waals surface area contributed by atoms with Gasteiger partial charge < -0.3 is 5.32 Å².